The highest BCUT2D eigenvalue weighted by Crippen LogP contribution is 2.21. The average Bonchev–Trinajstić information content (AvgIpc) is 2.81. The van der Waals surface area contributed by atoms with Gasteiger partial charge in [0, 0.05) is 28.6 Å². The molecule has 1 aromatic carbocycles. The largest absolute Gasteiger partial charge is 0.311 e. The molecule has 4 heteroatoms. The fourth-order valence-corrected chi connectivity index (χ4v) is 3.19. The molecule has 1 aromatic rings. The summed E-state index contributed by atoms with van der Waals surface area (Å²) in [6, 6.07) is 6.70. The first kappa shape index (κ1) is 14.3. The fourth-order valence-electron chi connectivity index (χ4n) is 2.59. The van der Waals surface area contributed by atoms with Crippen molar-refractivity contribution in [3.8, 4) is 0 Å². The number of likely N-dealkylation sites (N-methyl/N-ethyl adjacent to an activating group) is 1. The summed E-state index contributed by atoms with van der Waals surface area (Å²) in [5, 5.41) is 4.37. The van der Waals surface area contributed by atoms with Crippen molar-refractivity contribution in [2.24, 2.45) is 0 Å². The lowest BCUT2D eigenvalue weighted by Crippen LogP contribution is -2.37. The Morgan fingerprint density at radius 3 is 3.11 bits per heavy atom. The van der Waals surface area contributed by atoms with E-state index in [1.807, 2.05) is 12.1 Å². The van der Waals surface area contributed by atoms with Crippen LogP contribution in [0, 0.1) is 0 Å². The first-order valence-electron chi connectivity index (χ1n) is 6.59. The first-order valence-corrected chi connectivity index (χ1v) is 7.76. The first-order chi connectivity index (χ1) is 8.70. The topological polar surface area (TPSA) is 15.3 Å². The van der Waals surface area contributed by atoms with Gasteiger partial charge >= 0.3 is 0 Å². The van der Waals surface area contributed by atoms with E-state index in [0.717, 1.165) is 34.7 Å². The van der Waals surface area contributed by atoms with Gasteiger partial charge in [-0.05, 0) is 49.7 Å². The van der Waals surface area contributed by atoms with E-state index in [0.29, 0.717) is 6.04 Å². The van der Waals surface area contributed by atoms with Crippen molar-refractivity contribution in [1.82, 2.24) is 10.2 Å². The summed E-state index contributed by atoms with van der Waals surface area (Å²) in [6.07, 6.45) is 2.64. The van der Waals surface area contributed by atoms with Gasteiger partial charge in [0.25, 0.3) is 0 Å². The van der Waals surface area contributed by atoms with Crippen molar-refractivity contribution in [3.63, 3.8) is 0 Å². The van der Waals surface area contributed by atoms with Gasteiger partial charge in [0.05, 0.1) is 0 Å². The molecule has 0 saturated carbocycles. The molecule has 100 valence electrons. The Morgan fingerprint density at radius 1 is 1.50 bits per heavy atom. The van der Waals surface area contributed by atoms with Gasteiger partial charge in [0.2, 0.25) is 0 Å². The van der Waals surface area contributed by atoms with Gasteiger partial charge in [-0.25, -0.2) is 0 Å². The van der Waals surface area contributed by atoms with Crippen LogP contribution in [0.15, 0.2) is 22.7 Å². The third kappa shape index (κ3) is 3.70. The predicted molar refractivity (Wildman–Crippen MR) is 81.1 cm³/mol. The van der Waals surface area contributed by atoms with E-state index >= 15 is 0 Å². The lowest BCUT2D eigenvalue weighted by molar-refractivity contribution is 0.260. The summed E-state index contributed by atoms with van der Waals surface area (Å²) in [5.41, 5.74) is 1.16. The second-order valence-electron chi connectivity index (χ2n) is 4.79. The summed E-state index contributed by atoms with van der Waals surface area (Å²) < 4.78 is 1.08. The molecule has 1 aliphatic rings. The van der Waals surface area contributed by atoms with Gasteiger partial charge in [-0.3, -0.25) is 4.90 Å². The average molecular weight is 332 g/mol. The Bertz CT molecular complexity index is 397. The Balaban J connectivity index is 1.83. The van der Waals surface area contributed by atoms with Crippen molar-refractivity contribution in [2.45, 2.75) is 32.4 Å². The van der Waals surface area contributed by atoms with Crippen LogP contribution in [-0.4, -0.2) is 30.6 Å². The summed E-state index contributed by atoms with van der Waals surface area (Å²) in [4.78, 5) is 2.55. The second kappa shape index (κ2) is 6.90. The van der Waals surface area contributed by atoms with Crippen LogP contribution >= 0.6 is 27.5 Å². The van der Waals surface area contributed by atoms with Gasteiger partial charge in [-0.2, -0.15) is 0 Å². The highest BCUT2D eigenvalue weighted by molar-refractivity contribution is 9.10. The Morgan fingerprint density at radius 2 is 2.33 bits per heavy atom. The van der Waals surface area contributed by atoms with Gasteiger partial charge in [-0.1, -0.05) is 34.5 Å². The molecule has 0 aliphatic carbocycles. The maximum atomic E-state index is 6.18. The molecule has 18 heavy (non-hydrogen) atoms. The molecule has 2 rings (SSSR count). The lowest BCUT2D eigenvalue weighted by Gasteiger charge is -2.23. The normalized spacial score (nSPS) is 20.5. The molecule has 1 atom stereocenters. The van der Waals surface area contributed by atoms with Crippen LogP contribution in [0.2, 0.25) is 5.02 Å². The van der Waals surface area contributed by atoms with Gasteiger partial charge in [-0.15, -0.1) is 0 Å². The molecule has 0 spiro atoms. The third-order valence-corrected chi connectivity index (χ3v) is 4.47. The van der Waals surface area contributed by atoms with Crippen LogP contribution in [0.3, 0.4) is 0 Å². The van der Waals surface area contributed by atoms with E-state index in [1.54, 1.807) is 0 Å². The highest BCUT2D eigenvalue weighted by Gasteiger charge is 2.22. The summed E-state index contributed by atoms with van der Waals surface area (Å²) in [7, 11) is 0. The molecule has 1 unspecified atom stereocenters. The number of rotatable bonds is 5. The highest BCUT2D eigenvalue weighted by atomic mass is 79.9. The van der Waals surface area contributed by atoms with Crippen molar-refractivity contribution >= 4 is 27.5 Å². The van der Waals surface area contributed by atoms with Crippen molar-refractivity contribution in [2.75, 3.05) is 19.6 Å². The van der Waals surface area contributed by atoms with Crippen LogP contribution in [0.5, 0.6) is 0 Å². The van der Waals surface area contributed by atoms with E-state index in [-0.39, 0.29) is 0 Å². The minimum Gasteiger partial charge on any atom is -0.311 e. The summed E-state index contributed by atoms with van der Waals surface area (Å²) in [6.45, 7) is 6.54. The molecule has 0 aromatic heterocycles. The number of hydrogen-bond donors (Lipinski definition) is 1. The van der Waals surface area contributed by atoms with E-state index < -0.39 is 0 Å². The van der Waals surface area contributed by atoms with Gasteiger partial charge < -0.3 is 5.32 Å². The SMILES string of the molecule is CCN1CCCC1CNCc1cc(Br)ccc1Cl. The van der Waals surface area contributed by atoms with Gasteiger partial charge in [0.15, 0.2) is 0 Å². The van der Waals surface area contributed by atoms with Crippen LogP contribution in [0.4, 0.5) is 0 Å². The molecule has 1 heterocycles. The summed E-state index contributed by atoms with van der Waals surface area (Å²) in [5.74, 6) is 0. The van der Waals surface area contributed by atoms with E-state index in [1.165, 1.54) is 19.4 Å². The zero-order chi connectivity index (χ0) is 13.0. The zero-order valence-electron chi connectivity index (χ0n) is 10.8. The molecule has 0 radical (unpaired) electrons. The van der Waals surface area contributed by atoms with Crippen LogP contribution in [0.1, 0.15) is 25.3 Å². The second-order valence-corrected chi connectivity index (χ2v) is 6.11. The number of hydrogen-bond acceptors (Lipinski definition) is 2. The number of halogens is 2. The van der Waals surface area contributed by atoms with Crippen molar-refractivity contribution in [1.29, 1.82) is 0 Å². The summed E-state index contributed by atoms with van der Waals surface area (Å²) >= 11 is 9.66. The standard InChI is InChI=1S/C14H20BrClN2/c1-2-18-7-3-4-13(18)10-17-9-11-8-12(15)5-6-14(11)16/h5-6,8,13,17H,2-4,7,9-10H2,1H3. The van der Waals surface area contributed by atoms with Crippen molar-refractivity contribution in [3.05, 3.63) is 33.3 Å². The molecule has 1 aliphatic heterocycles. The lowest BCUT2D eigenvalue weighted by atomic mass is 10.2. The maximum absolute atomic E-state index is 6.18. The van der Waals surface area contributed by atoms with Crippen LogP contribution < -0.4 is 5.32 Å². The third-order valence-electron chi connectivity index (χ3n) is 3.61. The quantitative estimate of drug-likeness (QED) is 0.885. The van der Waals surface area contributed by atoms with E-state index in [4.69, 9.17) is 11.6 Å². The maximum Gasteiger partial charge on any atom is 0.0451 e. The van der Waals surface area contributed by atoms with Gasteiger partial charge in [0.1, 0.15) is 0 Å². The van der Waals surface area contributed by atoms with E-state index in [9.17, 15) is 0 Å². The monoisotopic (exact) mass is 330 g/mol. The molecule has 2 nitrogen and oxygen atoms in total. The Labute approximate surface area is 123 Å². The number of nitrogens with one attached hydrogen (secondary N) is 1. The van der Waals surface area contributed by atoms with Crippen LogP contribution in [0.25, 0.3) is 0 Å². The fraction of sp³-hybridized carbons (Fsp3) is 0.571. The molecular weight excluding hydrogens is 312 g/mol. The Hall–Kier alpha value is -0.0900. The zero-order valence-corrected chi connectivity index (χ0v) is 13.1. The Kier molecular flexibility index (Phi) is 5.49. The van der Waals surface area contributed by atoms with E-state index in [2.05, 4.69) is 39.1 Å². The smallest absolute Gasteiger partial charge is 0.0451 e. The minimum absolute atomic E-state index is 0.695. The number of likely N-dealkylation sites (tertiary alicyclic amines) is 1. The molecule has 0 bridgehead atoms. The van der Waals surface area contributed by atoms with Crippen LogP contribution in [-0.2, 0) is 6.54 Å². The molecule has 1 N–H and O–H groups in total. The number of nitrogens with zero attached hydrogens (tertiary/aromatic N) is 1. The molecule has 1 saturated heterocycles. The predicted octanol–water partition coefficient (Wildman–Crippen LogP) is 3.68. The number of benzene rings is 1. The molecular formula is C14H20BrClN2. The van der Waals surface area contributed by atoms with Crippen molar-refractivity contribution < 1.29 is 0 Å². The molecule has 0 amide bonds. The molecule has 1 fully saturated rings. The minimum atomic E-state index is 0.695.